The zero-order valence-corrected chi connectivity index (χ0v) is 17.5. The standard InChI is InChI=1S/C10H9ClN2O2.C10H10N2O3/c1-14-8-5-7-9(13-10(8)15-2)6(11)3-4-12-7;1-14-8-5-6-9(12-10(8)15-2)7(13)3-4-11-6/h3-5H,1-2H3;3-5H,1-2H3,(H,11,13). The molecule has 4 aromatic rings. The lowest BCUT2D eigenvalue weighted by Crippen LogP contribution is -2.04. The molecule has 0 aliphatic carbocycles. The van der Waals surface area contributed by atoms with E-state index >= 15 is 0 Å². The molecule has 4 aromatic heterocycles. The predicted octanol–water partition coefficient (Wildman–Crippen LogP) is 3.24. The van der Waals surface area contributed by atoms with Crippen LogP contribution in [0.1, 0.15) is 0 Å². The molecule has 4 heterocycles. The Bertz CT molecular complexity index is 1250. The first kappa shape index (κ1) is 21.1. The van der Waals surface area contributed by atoms with Crippen LogP contribution in [0.3, 0.4) is 0 Å². The zero-order chi connectivity index (χ0) is 21.7. The molecule has 1 N–H and O–H groups in total. The Labute approximate surface area is 176 Å². The molecule has 0 fully saturated rings. The van der Waals surface area contributed by atoms with Crippen LogP contribution in [-0.4, -0.2) is 48.4 Å². The Morgan fingerprint density at radius 3 is 2.13 bits per heavy atom. The lowest BCUT2D eigenvalue weighted by molar-refractivity contribution is 0.344. The monoisotopic (exact) mass is 430 g/mol. The molecule has 0 saturated carbocycles. The molecule has 156 valence electrons. The fourth-order valence-electron chi connectivity index (χ4n) is 2.65. The summed E-state index contributed by atoms with van der Waals surface area (Å²) in [5.74, 6) is 1.74. The average molecular weight is 431 g/mol. The third kappa shape index (κ3) is 4.20. The first-order valence-corrected chi connectivity index (χ1v) is 9.03. The van der Waals surface area contributed by atoms with E-state index in [0.717, 1.165) is 0 Å². The second kappa shape index (κ2) is 9.27. The van der Waals surface area contributed by atoms with Gasteiger partial charge in [0.05, 0.1) is 44.5 Å². The van der Waals surface area contributed by atoms with Gasteiger partial charge in [-0.2, -0.15) is 0 Å². The summed E-state index contributed by atoms with van der Waals surface area (Å²) in [5.41, 5.74) is 2.11. The summed E-state index contributed by atoms with van der Waals surface area (Å²) >= 11 is 5.98. The van der Waals surface area contributed by atoms with Gasteiger partial charge in [0, 0.05) is 30.6 Å². The summed E-state index contributed by atoms with van der Waals surface area (Å²) in [6.07, 6.45) is 3.19. The lowest BCUT2D eigenvalue weighted by atomic mass is 10.3. The molecule has 0 unspecified atom stereocenters. The minimum absolute atomic E-state index is 0.148. The van der Waals surface area contributed by atoms with Crippen molar-refractivity contribution in [3.05, 3.63) is 51.9 Å². The number of hydrogen-bond donors (Lipinski definition) is 1. The number of rotatable bonds is 4. The van der Waals surface area contributed by atoms with Gasteiger partial charge >= 0.3 is 0 Å². The van der Waals surface area contributed by atoms with Gasteiger partial charge in [0.1, 0.15) is 11.0 Å². The van der Waals surface area contributed by atoms with Gasteiger partial charge in [-0.1, -0.05) is 11.6 Å². The van der Waals surface area contributed by atoms with Gasteiger partial charge in [-0.25, -0.2) is 9.97 Å². The molecule has 0 saturated heterocycles. The third-order valence-corrected chi connectivity index (χ3v) is 4.39. The number of hydrogen-bond acceptors (Lipinski definition) is 8. The molecule has 0 spiro atoms. The summed E-state index contributed by atoms with van der Waals surface area (Å²) < 4.78 is 20.3. The second-order valence-electron chi connectivity index (χ2n) is 5.80. The highest BCUT2D eigenvalue weighted by Gasteiger charge is 2.10. The van der Waals surface area contributed by atoms with Crippen molar-refractivity contribution in [3.63, 3.8) is 0 Å². The highest BCUT2D eigenvalue weighted by Crippen LogP contribution is 2.30. The predicted molar refractivity (Wildman–Crippen MR) is 113 cm³/mol. The minimum atomic E-state index is -0.148. The number of pyridine rings is 4. The van der Waals surface area contributed by atoms with Crippen molar-refractivity contribution in [2.75, 3.05) is 28.4 Å². The molecule has 0 aliphatic rings. The molecule has 0 aliphatic heterocycles. The Balaban J connectivity index is 0.000000171. The van der Waals surface area contributed by atoms with Crippen LogP contribution >= 0.6 is 11.6 Å². The number of halogens is 1. The maximum atomic E-state index is 11.5. The molecule has 0 radical (unpaired) electrons. The molecular formula is C20H19ClN4O5. The van der Waals surface area contributed by atoms with Crippen LogP contribution in [-0.2, 0) is 0 Å². The fourth-order valence-corrected chi connectivity index (χ4v) is 2.85. The molecule has 0 bridgehead atoms. The van der Waals surface area contributed by atoms with Gasteiger partial charge in [-0.05, 0) is 6.07 Å². The number of aromatic nitrogens is 4. The number of fused-ring (bicyclic) bond motifs is 2. The molecule has 0 aromatic carbocycles. The van der Waals surface area contributed by atoms with Crippen LogP contribution in [0.4, 0.5) is 0 Å². The first-order chi connectivity index (χ1) is 14.5. The Hall–Kier alpha value is -3.59. The summed E-state index contributed by atoms with van der Waals surface area (Å²) in [6.45, 7) is 0. The van der Waals surface area contributed by atoms with E-state index in [1.165, 1.54) is 27.4 Å². The van der Waals surface area contributed by atoms with Gasteiger partial charge in [0.25, 0.3) is 11.8 Å². The SMILES string of the molecule is COc1cc2[nH]ccc(=O)c2nc1OC.COc1cc2nccc(Cl)c2nc1OC. The molecule has 30 heavy (non-hydrogen) atoms. The highest BCUT2D eigenvalue weighted by atomic mass is 35.5. The topological polar surface area (TPSA) is 108 Å². The molecule has 4 rings (SSSR count). The van der Waals surface area contributed by atoms with Crippen LogP contribution in [0.15, 0.2) is 41.5 Å². The normalized spacial score (nSPS) is 10.3. The highest BCUT2D eigenvalue weighted by molar-refractivity contribution is 6.34. The van der Waals surface area contributed by atoms with E-state index in [9.17, 15) is 4.79 Å². The maximum Gasteiger partial charge on any atom is 0.257 e. The van der Waals surface area contributed by atoms with Crippen molar-refractivity contribution in [1.82, 2.24) is 19.9 Å². The summed E-state index contributed by atoms with van der Waals surface area (Å²) in [7, 11) is 6.08. The average Bonchev–Trinajstić information content (AvgIpc) is 2.78. The van der Waals surface area contributed by atoms with E-state index in [1.807, 2.05) is 0 Å². The molecule has 0 amide bonds. The van der Waals surface area contributed by atoms with Gasteiger partial charge in [0.15, 0.2) is 11.5 Å². The van der Waals surface area contributed by atoms with Gasteiger partial charge < -0.3 is 23.9 Å². The Kier molecular flexibility index (Phi) is 6.53. The Morgan fingerprint density at radius 1 is 0.867 bits per heavy atom. The van der Waals surface area contributed by atoms with E-state index < -0.39 is 0 Å². The number of ether oxygens (including phenoxy) is 4. The number of H-pyrrole nitrogens is 1. The summed E-state index contributed by atoms with van der Waals surface area (Å²) in [4.78, 5) is 26.8. The largest absolute Gasteiger partial charge is 0.491 e. The van der Waals surface area contributed by atoms with E-state index in [1.54, 1.807) is 37.7 Å². The van der Waals surface area contributed by atoms with Crippen molar-refractivity contribution in [2.24, 2.45) is 0 Å². The van der Waals surface area contributed by atoms with Crippen LogP contribution in [0.25, 0.3) is 22.1 Å². The van der Waals surface area contributed by atoms with Crippen LogP contribution in [0.2, 0.25) is 5.02 Å². The first-order valence-electron chi connectivity index (χ1n) is 8.66. The lowest BCUT2D eigenvalue weighted by Gasteiger charge is -2.07. The molecule has 10 heteroatoms. The quantitative estimate of drug-likeness (QED) is 0.525. The van der Waals surface area contributed by atoms with Crippen molar-refractivity contribution < 1.29 is 18.9 Å². The van der Waals surface area contributed by atoms with Gasteiger partial charge in [-0.15, -0.1) is 0 Å². The van der Waals surface area contributed by atoms with E-state index in [4.69, 9.17) is 30.5 Å². The van der Waals surface area contributed by atoms with E-state index in [-0.39, 0.29) is 5.43 Å². The van der Waals surface area contributed by atoms with Crippen LogP contribution in [0.5, 0.6) is 23.3 Å². The van der Waals surface area contributed by atoms with E-state index in [2.05, 4.69) is 19.9 Å². The van der Waals surface area contributed by atoms with Crippen molar-refractivity contribution in [2.45, 2.75) is 0 Å². The minimum Gasteiger partial charge on any atom is -0.491 e. The smallest absolute Gasteiger partial charge is 0.257 e. The van der Waals surface area contributed by atoms with Crippen LogP contribution in [0, 0.1) is 0 Å². The molecule has 0 atom stereocenters. The number of nitrogens with zero attached hydrogens (tertiary/aromatic N) is 3. The molecular weight excluding hydrogens is 412 g/mol. The number of nitrogens with one attached hydrogen (secondary N) is 1. The fraction of sp³-hybridized carbons (Fsp3) is 0.200. The Morgan fingerprint density at radius 2 is 1.50 bits per heavy atom. The third-order valence-electron chi connectivity index (χ3n) is 4.08. The zero-order valence-electron chi connectivity index (χ0n) is 16.7. The maximum absolute atomic E-state index is 11.5. The van der Waals surface area contributed by atoms with Crippen molar-refractivity contribution >= 4 is 33.7 Å². The number of aromatic amines is 1. The van der Waals surface area contributed by atoms with Crippen molar-refractivity contribution in [3.8, 4) is 23.3 Å². The number of methoxy groups -OCH3 is 4. The molecule has 9 nitrogen and oxygen atoms in total. The van der Waals surface area contributed by atoms with Crippen LogP contribution < -0.4 is 24.4 Å². The van der Waals surface area contributed by atoms with Crippen molar-refractivity contribution in [1.29, 1.82) is 0 Å². The summed E-state index contributed by atoms with van der Waals surface area (Å²) in [5, 5.41) is 0.543. The second-order valence-corrected chi connectivity index (χ2v) is 6.21. The van der Waals surface area contributed by atoms with Gasteiger partial charge in [0.2, 0.25) is 5.43 Å². The summed E-state index contributed by atoms with van der Waals surface area (Å²) in [6, 6.07) is 6.53. The van der Waals surface area contributed by atoms with E-state index in [0.29, 0.717) is 50.3 Å². The van der Waals surface area contributed by atoms with Gasteiger partial charge in [-0.3, -0.25) is 9.78 Å².